The third-order valence-electron chi connectivity index (χ3n) is 2.98. The summed E-state index contributed by atoms with van der Waals surface area (Å²) >= 11 is 0. The van der Waals surface area contributed by atoms with E-state index < -0.39 is 15.4 Å². The highest BCUT2D eigenvalue weighted by Crippen LogP contribution is 2.22. The molecule has 0 atom stereocenters. The highest BCUT2D eigenvalue weighted by molar-refractivity contribution is 7.90. The normalized spacial score (nSPS) is 12.4. The molecule has 0 radical (unpaired) electrons. The molecule has 0 unspecified atom stereocenters. The number of ether oxygens (including phenoxy) is 1. The van der Waals surface area contributed by atoms with Gasteiger partial charge in [0.1, 0.15) is 24.3 Å². The molecule has 25 heavy (non-hydrogen) atoms. The van der Waals surface area contributed by atoms with Crippen molar-refractivity contribution in [3.8, 4) is 11.9 Å². The number of hydrogen-bond acceptors (Lipinski definition) is 7. The van der Waals surface area contributed by atoms with Crippen LogP contribution in [0.3, 0.4) is 0 Å². The molecule has 11 heteroatoms. The predicted molar refractivity (Wildman–Crippen MR) is 90.7 cm³/mol. The summed E-state index contributed by atoms with van der Waals surface area (Å²) in [5.41, 5.74) is -0.123. The van der Waals surface area contributed by atoms with Crippen molar-refractivity contribution in [2.24, 2.45) is 9.81 Å². The Hall–Kier alpha value is -2.74. The average molecular weight is 365 g/mol. The number of aromatic nitrogens is 4. The van der Waals surface area contributed by atoms with Crippen LogP contribution in [-0.2, 0) is 10.0 Å². The minimum Gasteiger partial charge on any atom is -0.475 e. The fourth-order valence-electron chi connectivity index (χ4n) is 1.94. The van der Waals surface area contributed by atoms with Gasteiger partial charge in [0.2, 0.25) is 0 Å². The third kappa shape index (κ3) is 5.12. The van der Waals surface area contributed by atoms with E-state index in [4.69, 9.17) is 4.74 Å². The Morgan fingerprint density at radius 1 is 1.48 bits per heavy atom. The van der Waals surface area contributed by atoms with Crippen molar-refractivity contribution in [2.45, 2.75) is 13.8 Å². The monoisotopic (exact) mass is 365 g/mol. The summed E-state index contributed by atoms with van der Waals surface area (Å²) in [7, 11) is -0.279. The van der Waals surface area contributed by atoms with E-state index in [1.807, 2.05) is 6.07 Å². The lowest BCUT2D eigenvalue weighted by molar-refractivity contribution is 0.190. The van der Waals surface area contributed by atoms with E-state index in [2.05, 4.69) is 19.6 Å². The Kier molecular flexibility index (Phi) is 5.22. The lowest BCUT2D eigenvalue weighted by atomic mass is 9.98. The van der Waals surface area contributed by atoms with Gasteiger partial charge in [0, 0.05) is 25.6 Å². The summed E-state index contributed by atoms with van der Waals surface area (Å²) in [4.78, 5) is 5.48. The second-order valence-electron chi connectivity index (χ2n) is 6.45. The molecule has 2 aromatic heterocycles. The van der Waals surface area contributed by atoms with Gasteiger partial charge in [-0.2, -0.15) is 9.66 Å². The summed E-state index contributed by atoms with van der Waals surface area (Å²) in [5.74, 6) is -0.139. The molecule has 0 aromatic carbocycles. The fraction of sp³-hybridized carbons (Fsp3) is 0.500. The zero-order valence-corrected chi connectivity index (χ0v) is 15.2. The summed E-state index contributed by atoms with van der Waals surface area (Å²) < 4.78 is 34.5. The number of nitriles is 1. The van der Waals surface area contributed by atoms with E-state index in [0.717, 1.165) is 0 Å². The number of rotatable bonds is 7. The zero-order chi connectivity index (χ0) is 18.7. The molecule has 0 fully saturated rings. The molecule has 2 rings (SSSR count). The number of nitrogens with zero attached hydrogens (tertiary/aromatic N) is 7. The molecular formula is C14H19N7O3S. The van der Waals surface area contributed by atoms with Crippen LogP contribution in [-0.4, -0.2) is 65.9 Å². The molecule has 134 valence electrons. The molecule has 0 aliphatic carbocycles. The first-order valence-corrected chi connectivity index (χ1v) is 8.91. The van der Waals surface area contributed by atoms with Crippen LogP contribution in [0.1, 0.15) is 19.4 Å². The van der Waals surface area contributed by atoms with Crippen molar-refractivity contribution < 1.29 is 13.2 Å². The molecular weight excluding hydrogens is 346 g/mol. The average Bonchev–Trinajstić information content (AvgIpc) is 2.96. The SMILES string of the molecule is CN(C)/C=N/S(=O)(=O)CC(C)(C)COc1nn2ncnc2cc1C#N. The van der Waals surface area contributed by atoms with Crippen LogP contribution in [0.15, 0.2) is 16.8 Å². The smallest absolute Gasteiger partial charge is 0.255 e. The summed E-state index contributed by atoms with van der Waals surface area (Å²) in [6.45, 7) is 3.50. The highest BCUT2D eigenvalue weighted by Gasteiger charge is 2.27. The van der Waals surface area contributed by atoms with Gasteiger partial charge in [-0.15, -0.1) is 14.8 Å². The van der Waals surface area contributed by atoms with Gasteiger partial charge in [-0.25, -0.2) is 13.4 Å². The van der Waals surface area contributed by atoms with Crippen LogP contribution >= 0.6 is 0 Å². The van der Waals surface area contributed by atoms with Gasteiger partial charge >= 0.3 is 0 Å². The van der Waals surface area contributed by atoms with E-state index in [1.54, 1.807) is 27.9 Å². The quantitative estimate of drug-likeness (QED) is 0.507. The van der Waals surface area contributed by atoms with Crippen LogP contribution in [0, 0.1) is 16.7 Å². The lowest BCUT2D eigenvalue weighted by Gasteiger charge is -2.23. The third-order valence-corrected chi connectivity index (χ3v) is 4.54. The summed E-state index contributed by atoms with van der Waals surface area (Å²) in [6.07, 6.45) is 2.55. The summed E-state index contributed by atoms with van der Waals surface area (Å²) in [6, 6.07) is 3.48. The van der Waals surface area contributed by atoms with Crippen LogP contribution < -0.4 is 4.74 Å². The van der Waals surface area contributed by atoms with E-state index in [-0.39, 0.29) is 23.8 Å². The zero-order valence-electron chi connectivity index (χ0n) is 14.4. The van der Waals surface area contributed by atoms with E-state index in [0.29, 0.717) is 5.65 Å². The molecule has 0 saturated heterocycles. The highest BCUT2D eigenvalue weighted by atomic mass is 32.2. The fourth-order valence-corrected chi connectivity index (χ4v) is 3.41. The van der Waals surface area contributed by atoms with Crippen LogP contribution in [0.2, 0.25) is 0 Å². The first kappa shape index (κ1) is 18.6. The molecule has 2 aromatic rings. The van der Waals surface area contributed by atoms with Crippen LogP contribution in [0.5, 0.6) is 5.88 Å². The van der Waals surface area contributed by atoms with Crippen molar-refractivity contribution in [3.63, 3.8) is 0 Å². The van der Waals surface area contributed by atoms with Gasteiger partial charge in [0.05, 0.1) is 12.4 Å². The number of sulfonamides is 1. The largest absolute Gasteiger partial charge is 0.475 e. The molecule has 0 amide bonds. The van der Waals surface area contributed by atoms with Crippen molar-refractivity contribution in [1.82, 2.24) is 24.7 Å². The van der Waals surface area contributed by atoms with Gasteiger partial charge in [0.15, 0.2) is 5.65 Å². The molecule has 0 bridgehead atoms. The van der Waals surface area contributed by atoms with E-state index in [1.165, 1.54) is 28.3 Å². The van der Waals surface area contributed by atoms with Gasteiger partial charge in [-0.3, -0.25) is 0 Å². The molecule has 2 heterocycles. The maximum Gasteiger partial charge on any atom is 0.255 e. The predicted octanol–water partition coefficient (Wildman–Crippen LogP) is 0.321. The Morgan fingerprint density at radius 2 is 2.20 bits per heavy atom. The first-order valence-electron chi connectivity index (χ1n) is 7.30. The molecule has 0 N–H and O–H groups in total. The van der Waals surface area contributed by atoms with Gasteiger partial charge in [0.25, 0.3) is 15.9 Å². The Labute approximate surface area is 145 Å². The van der Waals surface area contributed by atoms with Gasteiger partial charge in [-0.05, 0) is 0 Å². The second kappa shape index (κ2) is 7.02. The van der Waals surface area contributed by atoms with E-state index >= 15 is 0 Å². The summed E-state index contributed by atoms with van der Waals surface area (Å²) in [5, 5.41) is 17.2. The molecule has 0 saturated carbocycles. The number of fused-ring (bicyclic) bond motifs is 1. The van der Waals surface area contributed by atoms with E-state index in [9.17, 15) is 13.7 Å². The topological polar surface area (TPSA) is 126 Å². The second-order valence-corrected chi connectivity index (χ2v) is 8.11. The van der Waals surface area contributed by atoms with Crippen LogP contribution in [0.25, 0.3) is 5.65 Å². The lowest BCUT2D eigenvalue weighted by Crippen LogP contribution is -2.30. The molecule has 0 aliphatic heterocycles. The van der Waals surface area contributed by atoms with Crippen LogP contribution in [0.4, 0.5) is 0 Å². The van der Waals surface area contributed by atoms with Gasteiger partial charge < -0.3 is 9.64 Å². The van der Waals surface area contributed by atoms with Crippen molar-refractivity contribution in [1.29, 1.82) is 5.26 Å². The standard InChI is InChI=1S/C14H19N7O3S/c1-14(2,8-25(22,23)18-10-20(3)4)7-24-13-11(6-15)5-12-16-9-17-21(12)19-13/h5,9-10H,7-8H2,1-4H3/b18-10+. The maximum absolute atomic E-state index is 12.1. The Bertz CT molecular complexity index is 926. The Morgan fingerprint density at radius 3 is 2.84 bits per heavy atom. The van der Waals surface area contributed by atoms with Crippen molar-refractivity contribution in [3.05, 3.63) is 18.0 Å². The minimum atomic E-state index is -3.65. The Balaban J connectivity index is 2.13. The molecule has 0 aliphatic rings. The van der Waals surface area contributed by atoms with Gasteiger partial charge in [-0.1, -0.05) is 13.8 Å². The minimum absolute atomic E-state index is 0.0333. The number of hydrogen-bond donors (Lipinski definition) is 0. The maximum atomic E-state index is 12.1. The molecule has 10 nitrogen and oxygen atoms in total. The van der Waals surface area contributed by atoms with Crippen molar-refractivity contribution in [2.75, 3.05) is 26.5 Å². The molecule has 0 spiro atoms. The first-order chi connectivity index (χ1) is 11.6. The van der Waals surface area contributed by atoms with Crippen molar-refractivity contribution >= 4 is 22.0 Å².